The van der Waals surface area contributed by atoms with Gasteiger partial charge in [0.1, 0.15) is 5.69 Å². The van der Waals surface area contributed by atoms with Crippen LogP contribution in [-0.4, -0.2) is 41.2 Å². The maximum absolute atomic E-state index is 11.7. The van der Waals surface area contributed by atoms with Crippen LogP contribution in [0.15, 0.2) is 24.4 Å². The molecule has 1 aromatic rings. The third-order valence-corrected chi connectivity index (χ3v) is 2.88. The first-order valence-electron chi connectivity index (χ1n) is 5.72. The second-order valence-corrected chi connectivity index (χ2v) is 4.10. The average molecular weight is 250 g/mol. The molecule has 6 heteroatoms. The third kappa shape index (κ3) is 2.84. The van der Waals surface area contributed by atoms with Crippen molar-refractivity contribution in [3.63, 3.8) is 0 Å². The normalized spacial score (nSPS) is 22.7. The average Bonchev–Trinajstić information content (AvgIpc) is 2.85. The van der Waals surface area contributed by atoms with Crippen LogP contribution < -0.4 is 5.32 Å². The summed E-state index contributed by atoms with van der Waals surface area (Å²) in [5, 5.41) is 11.6. The van der Waals surface area contributed by atoms with Gasteiger partial charge < -0.3 is 15.2 Å². The Balaban J connectivity index is 1.88. The van der Waals surface area contributed by atoms with Crippen LogP contribution >= 0.6 is 0 Å². The number of carboxylic acid groups (broad SMARTS) is 1. The van der Waals surface area contributed by atoms with Crippen LogP contribution in [0.2, 0.25) is 0 Å². The summed E-state index contributed by atoms with van der Waals surface area (Å²) >= 11 is 0. The van der Waals surface area contributed by atoms with Gasteiger partial charge in [0, 0.05) is 25.3 Å². The number of carboxylic acids is 1. The zero-order valence-corrected chi connectivity index (χ0v) is 9.70. The standard InChI is InChI=1S/C12H14N2O4/c15-11(9-3-1-2-5-13-9)14-7-8-4-6-18-10(8)12(16)17/h1-3,5,8,10H,4,6-7H2,(H,14,15)(H,16,17)/t8-,10-/m1/s1. The lowest BCUT2D eigenvalue weighted by atomic mass is 10.0. The number of carbonyl (C=O) groups excluding carboxylic acids is 1. The molecule has 0 aromatic carbocycles. The Labute approximate surface area is 104 Å². The number of nitrogens with zero attached hydrogens (tertiary/aromatic N) is 1. The first kappa shape index (κ1) is 12.5. The van der Waals surface area contributed by atoms with Gasteiger partial charge >= 0.3 is 5.97 Å². The van der Waals surface area contributed by atoms with Crippen molar-refractivity contribution in [1.29, 1.82) is 0 Å². The summed E-state index contributed by atoms with van der Waals surface area (Å²) in [5.74, 6) is -1.47. The van der Waals surface area contributed by atoms with E-state index >= 15 is 0 Å². The number of ether oxygens (including phenoxy) is 1. The van der Waals surface area contributed by atoms with E-state index in [1.54, 1.807) is 18.2 Å². The van der Waals surface area contributed by atoms with E-state index in [0.717, 1.165) is 0 Å². The number of hydrogen-bond acceptors (Lipinski definition) is 4. The van der Waals surface area contributed by atoms with Crippen molar-refractivity contribution in [1.82, 2.24) is 10.3 Å². The van der Waals surface area contributed by atoms with E-state index in [0.29, 0.717) is 18.7 Å². The monoisotopic (exact) mass is 250 g/mol. The first-order valence-corrected chi connectivity index (χ1v) is 5.72. The minimum Gasteiger partial charge on any atom is -0.479 e. The minimum atomic E-state index is -0.982. The molecule has 2 atom stereocenters. The fourth-order valence-corrected chi connectivity index (χ4v) is 1.93. The molecule has 0 radical (unpaired) electrons. The van der Waals surface area contributed by atoms with Gasteiger partial charge in [0.15, 0.2) is 6.10 Å². The molecule has 1 saturated heterocycles. The third-order valence-electron chi connectivity index (χ3n) is 2.88. The Morgan fingerprint density at radius 3 is 3.00 bits per heavy atom. The number of aromatic nitrogens is 1. The molecule has 1 amide bonds. The topological polar surface area (TPSA) is 88.5 Å². The molecule has 0 bridgehead atoms. The van der Waals surface area contributed by atoms with Crippen LogP contribution in [-0.2, 0) is 9.53 Å². The highest BCUT2D eigenvalue weighted by atomic mass is 16.5. The smallest absolute Gasteiger partial charge is 0.333 e. The number of aliphatic carboxylic acids is 1. The van der Waals surface area contributed by atoms with Gasteiger partial charge in [-0.2, -0.15) is 0 Å². The SMILES string of the molecule is O=C(NC[C@H]1CCO[C@H]1C(=O)O)c1ccccn1. The highest BCUT2D eigenvalue weighted by molar-refractivity contribution is 5.92. The van der Waals surface area contributed by atoms with Crippen molar-refractivity contribution in [2.24, 2.45) is 5.92 Å². The maximum Gasteiger partial charge on any atom is 0.333 e. The molecule has 2 rings (SSSR count). The molecule has 0 unspecified atom stereocenters. The second kappa shape index (κ2) is 5.59. The first-order chi connectivity index (χ1) is 8.68. The predicted molar refractivity (Wildman–Crippen MR) is 62.1 cm³/mol. The Bertz CT molecular complexity index is 435. The lowest BCUT2D eigenvalue weighted by molar-refractivity contribution is -0.149. The highest BCUT2D eigenvalue weighted by Gasteiger charge is 2.34. The second-order valence-electron chi connectivity index (χ2n) is 4.10. The van der Waals surface area contributed by atoms with Crippen molar-refractivity contribution < 1.29 is 19.4 Å². The van der Waals surface area contributed by atoms with Crippen LogP contribution in [0.25, 0.3) is 0 Å². The molecule has 6 nitrogen and oxygen atoms in total. The number of rotatable bonds is 4. The number of carbonyl (C=O) groups is 2. The summed E-state index contributed by atoms with van der Waals surface area (Å²) in [7, 11) is 0. The zero-order chi connectivity index (χ0) is 13.0. The summed E-state index contributed by atoms with van der Waals surface area (Å²) in [5.41, 5.74) is 0.322. The summed E-state index contributed by atoms with van der Waals surface area (Å²) in [6.07, 6.45) is 1.35. The van der Waals surface area contributed by atoms with Gasteiger partial charge in [-0.1, -0.05) is 6.07 Å². The van der Waals surface area contributed by atoms with E-state index in [2.05, 4.69) is 10.3 Å². The van der Waals surface area contributed by atoms with Crippen molar-refractivity contribution >= 4 is 11.9 Å². The van der Waals surface area contributed by atoms with Gasteiger partial charge in [-0.25, -0.2) is 4.79 Å². The Morgan fingerprint density at radius 1 is 1.50 bits per heavy atom. The van der Waals surface area contributed by atoms with Crippen molar-refractivity contribution in [3.05, 3.63) is 30.1 Å². The van der Waals surface area contributed by atoms with E-state index in [9.17, 15) is 9.59 Å². The highest BCUT2D eigenvalue weighted by Crippen LogP contribution is 2.20. The summed E-state index contributed by atoms with van der Waals surface area (Å²) < 4.78 is 5.10. The van der Waals surface area contributed by atoms with E-state index < -0.39 is 12.1 Å². The molecule has 0 aliphatic carbocycles. The fraction of sp³-hybridized carbons (Fsp3) is 0.417. The molecule has 1 aromatic heterocycles. The van der Waals surface area contributed by atoms with E-state index in [4.69, 9.17) is 9.84 Å². The molecule has 2 N–H and O–H groups in total. The Kier molecular flexibility index (Phi) is 3.88. The number of amides is 1. The molecule has 96 valence electrons. The molecule has 2 heterocycles. The molecular weight excluding hydrogens is 236 g/mol. The van der Waals surface area contributed by atoms with Crippen LogP contribution in [0.4, 0.5) is 0 Å². The molecule has 1 aliphatic rings. The van der Waals surface area contributed by atoms with Gasteiger partial charge in [-0.3, -0.25) is 9.78 Å². The molecule has 1 fully saturated rings. The van der Waals surface area contributed by atoms with Gasteiger partial charge in [0.05, 0.1) is 0 Å². The number of hydrogen-bond donors (Lipinski definition) is 2. The van der Waals surface area contributed by atoms with Crippen molar-refractivity contribution in [2.75, 3.05) is 13.2 Å². The Morgan fingerprint density at radius 2 is 2.33 bits per heavy atom. The quantitative estimate of drug-likeness (QED) is 0.802. The minimum absolute atomic E-state index is 0.185. The van der Waals surface area contributed by atoms with Crippen LogP contribution in [0, 0.1) is 5.92 Å². The van der Waals surface area contributed by atoms with E-state index in [1.807, 2.05) is 0 Å². The molecule has 18 heavy (non-hydrogen) atoms. The largest absolute Gasteiger partial charge is 0.479 e. The Hall–Kier alpha value is -1.95. The molecular formula is C12H14N2O4. The fourth-order valence-electron chi connectivity index (χ4n) is 1.93. The van der Waals surface area contributed by atoms with Gasteiger partial charge in [0.2, 0.25) is 0 Å². The molecule has 0 saturated carbocycles. The maximum atomic E-state index is 11.7. The number of nitrogens with one attached hydrogen (secondary N) is 1. The van der Waals surface area contributed by atoms with Crippen LogP contribution in [0.3, 0.4) is 0 Å². The molecule has 1 aliphatic heterocycles. The zero-order valence-electron chi connectivity index (χ0n) is 9.70. The summed E-state index contributed by atoms with van der Waals surface area (Å²) in [4.78, 5) is 26.5. The van der Waals surface area contributed by atoms with Gasteiger partial charge in [-0.05, 0) is 18.6 Å². The number of pyridine rings is 1. The van der Waals surface area contributed by atoms with E-state index in [1.165, 1.54) is 6.20 Å². The van der Waals surface area contributed by atoms with Gasteiger partial charge in [-0.15, -0.1) is 0 Å². The van der Waals surface area contributed by atoms with Crippen molar-refractivity contribution in [3.8, 4) is 0 Å². The summed E-state index contributed by atoms with van der Waals surface area (Å²) in [6, 6.07) is 5.05. The molecule has 0 spiro atoms. The van der Waals surface area contributed by atoms with Gasteiger partial charge in [0.25, 0.3) is 5.91 Å². The van der Waals surface area contributed by atoms with Crippen LogP contribution in [0.5, 0.6) is 0 Å². The predicted octanol–water partition coefficient (Wildman–Crippen LogP) is 0.301. The lowest BCUT2D eigenvalue weighted by Crippen LogP contribution is -2.36. The van der Waals surface area contributed by atoms with E-state index in [-0.39, 0.29) is 18.4 Å². The lowest BCUT2D eigenvalue weighted by Gasteiger charge is -2.14. The van der Waals surface area contributed by atoms with Crippen LogP contribution in [0.1, 0.15) is 16.9 Å². The summed E-state index contributed by atoms with van der Waals surface area (Å²) in [6.45, 7) is 0.702. The van der Waals surface area contributed by atoms with Crippen molar-refractivity contribution in [2.45, 2.75) is 12.5 Å².